The number of thioether (sulfide) groups is 1. The summed E-state index contributed by atoms with van der Waals surface area (Å²) >= 11 is 1.95. The van der Waals surface area contributed by atoms with Crippen molar-refractivity contribution in [2.24, 2.45) is 11.0 Å². The van der Waals surface area contributed by atoms with E-state index in [1.54, 1.807) is 0 Å². The first-order valence-electron chi connectivity index (χ1n) is 3.02. The highest BCUT2D eigenvalue weighted by atomic mass is 32.2. The normalized spacial score (nSPS) is 25.6. The summed E-state index contributed by atoms with van der Waals surface area (Å²) in [4.78, 5) is 2.71. The molecule has 0 radical (unpaired) electrons. The molecule has 1 unspecified atom stereocenters. The Hall–Kier alpha value is -0.340. The zero-order valence-corrected chi connectivity index (χ0v) is 5.97. The quantitative estimate of drug-likeness (QED) is 0.331. The predicted octanol–water partition coefficient (Wildman–Crippen LogP) is 2.05. The fourth-order valence-corrected chi connectivity index (χ4v) is 2.15. The van der Waals surface area contributed by atoms with Crippen LogP contribution in [0.5, 0.6) is 0 Å². The second kappa shape index (κ2) is 3.64. The van der Waals surface area contributed by atoms with E-state index in [0.29, 0.717) is 12.5 Å². The van der Waals surface area contributed by atoms with Crippen molar-refractivity contribution in [2.75, 3.05) is 18.1 Å². The largest absolute Gasteiger partial charge is 0.162 e. The minimum atomic E-state index is 0.658. The third-order valence-corrected chi connectivity index (χ3v) is 2.66. The minimum absolute atomic E-state index is 0.658. The maximum Gasteiger partial charge on any atom is 0.0294 e. The number of hydrogen-bond acceptors (Lipinski definition) is 2. The number of nitrogens with zero attached hydrogens (tertiary/aromatic N) is 3. The molecular weight excluding hydrogens is 134 g/mol. The molecule has 0 N–H and O–H groups in total. The van der Waals surface area contributed by atoms with Crippen LogP contribution in [0.1, 0.15) is 6.42 Å². The highest BCUT2D eigenvalue weighted by molar-refractivity contribution is 7.99. The zero-order valence-electron chi connectivity index (χ0n) is 5.16. The van der Waals surface area contributed by atoms with E-state index in [4.69, 9.17) is 5.53 Å². The van der Waals surface area contributed by atoms with Gasteiger partial charge in [-0.1, -0.05) is 5.11 Å². The van der Waals surface area contributed by atoms with Crippen molar-refractivity contribution in [2.45, 2.75) is 6.42 Å². The average molecular weight is 143 g/mol. The Kier molecular flexibility index (Phi) is 2.74. The molecule has 0 aromatic carbocycles. The van der Waals surface area contributed by atoms with Gasteiger partial charge in [-0.15, -0.1) is 0 Å². The van der Waals surface area contributed by atoms with E-state index in [-0.39, 0.29) is 0 Å². The van der Waals surface area contributed by atoms with E-state index in [1.165, 1.54) is 17.9 Å². The van der Waals surface area contributed by atoms with Crippen LogP contribution in [0.15, 0.2) is 5.11 Å². The van der Waals surface area contributed by atoms with E-state index < -0.39 is 0 Å². The van der Waals surface area contributed by atoms with Crippen LogP contribution in [-0.2, 0) is 0 Å². The number of hydrogen-bond donors (Lipinski definition) is 0. The molecule has 0 aromatic rings. The fraction of sp³-hybridized carbons (Fsp3) is 1.00. The minimum Gasteiger partial charge on any atom is -0.162 e. The molecule has 1 saturated heterocycles. The summed E-state index contributed by atoms with van der Waals surface area (Å²) in [6.45, 7) is 0.698. The fourth-order valence-electron chi connectivity index (χ4n) is 0.879. The molecule has 1 heterocycles. The van der Waals surface area contributed by atoms with Crippen LogP contribution < -0.4 is 0 Å². The highest BCUT2D eigenvalue weighted by Gasteiger charge is 2.13. The van der Waals surface area contributed by atoms with Gasteiger partial charge in [0.25, 0.3) is 0 Å². The summed E-state index contributed by atoms with van der Waals surface area (Å²) < 4.78 is 0. The van der Waals surface area contributed by atoms with Crippen molar-refractivity contribution in [3.8, 4) is 0 Å². The molecule has 1 fully saturated rings. The molecule has 0 aromatic heterocycles. The van der Waals surface area contributed by atoms with Crippen LogP contribution in [0.25, 0.3) is 10.4 Å². The van der Waals surface area contributed by atoms with Crippen LogP contribution in [0.2, 0.25) is 0 Å². The first-order chi connectivity index (χ1) is 4.43. The molecule has 0 aliphatic carbocycles. The second-order valence-electron chi connectivity index (χ2n) is 2.14. The lowest BCUT2D eigenvalue weighted by Crippen LogP contribution is -2.00. The monoisotopic (exact) mass is 143 g/mol. The zero-order chi connectivity index (χ0) is 6.53. The van der Waals surface area contributed by atoms with Gasteiger partial charge in [0.1, 0.15) is 0 Å². The first kappa shape index (κ1) is 6.78. The smallest absolute Gasteiger partial charge is 0.0294 e. The topological polar surface area (TPSA) is 48.8 Å². The van der Waals surface area contributed by atoms with Crippen molar-refractivity contribution in [1.82, 2.24) is 0 Å². The van der Waals surface area contributed by atoms with Gasteiger partial charge in [0.2, 0.25) is 0 Å². The molecule has 1 aliphatic heterocycles. The Bertz CT molecular complexity index is 124. The van der Waals surface area contributed by atoms with Gasteiger partial charge < -0.3 is 0 Å². The van der Waals surface area contributed by atoms with E-state index in [0.717, 1.165) is 0 Å². The van der Waals surface area contributed by atoms with E-state index >= 15 is 0 Å². The molecule has 4 heteroatoms. The van der Waals surface area contributed by atoms with Crippen molar-refractivity contribution in [3.63, 3.8) is 0 Å². The Balaban J connectivity index is 2.18. The first-order valence-corrected chi connectivity index (χ1v) is 4.17. The molecule has 0 spiro atoms. The van der Waals surface area contributed by atoms with Gasteiger partial charge in [-0.05, 0) is 29.4 Å². The Morgan fingerprint density at radius 2 is 2.67 bits per heavy atom. The maximum atomic E-state index is 7.98. The molecular formula is C5H9N3S. The van der Waals surface area contributed by atoms with Crippen LogP contribution in [0, 0.1) is 5.92 Å². The summed E-state index contributed by atoms with van der Waals surface area (Å²) in [6.07, 6.45) is 1.23. The summed E-state index contributed by atoms with van der Waals surface area (Å²) in [5, 5.41) is 3.52. The van der Waals surface area contributed by atoms with Gasteiger partial charge in [0.15, 0.2) is 0 Å². The van der Waals surface area contributed by atoms with Crippen LogP contribution in [-0.4, -0.2) is 18.1 Å². The van der Waals surface area contributed by atoms with Gasteiger partial charge in [-0.2, -0.15) is 11.8 Å². The molecule has 0 bridgehead atoms. The van der Waals surface area contributed by atoms with Gasteiger partial charge in [0, 0.05) is 11.5 Å². The summed E-state index contributed by atoms with van der Waals surface area (Å²) in [5.41, 5.74) is 7.98. The number of azide groups is 1. The van der Waals surface area contributed by atoms with Gasteiger partial charge >= 0.3 is 0 Å². The van der Waals surface area contributed by atoms with E-state index in [1.807, 2.05) is 11.8 Å². The van der Waals surface area contributed by atoms with Gasteiger partial charge in [0.05, 0.1) is 0 Å². The van der Waals surface area contributed by atoms with Crippen molar-refractivity contribution in [3.05, 3.63) is 10.4 Å². The molecule has 1 aliphatic rings. The van der Waals surface area contributed by atoms with Crippen molar-refractivity contribution in [1.29, 1.82) is 0 Å². The SMILES string of the molecule is [N-]=[N+]=NCC1CCSC1. The highest BCUT2D eigenvalue weighted by Crippen LogP contribution is 2.23. The van der Waals surface area contributed by atoms with Gasteiger partial charge in [-0.25, -0.2) is 0 Å². The Morgan fingerprint density at radius 3 is 3.22 bits per heavy atom. The lowest BCUT2D eigenvalue weighted by atomic mass is 10.1. The summed E-state index contributed by atoms with van der Waals surface area (Å²) in [7, 11) is 0. The van der Waals surface area contributed by atoms with Crippen LogP contribution >= 0.6 is 11.8 Å². The van der Waals surface area contributed by atoms with Crippen LogP contribution in [0.3, 0.4) is 0 Å². The standard InChI is InChI=1S/C5H9N3S/c6-8-7-3-5-1-2-9-4-5/h5H,1-4H2. The molecule has 3 nitrogen and oxygen atoms in total. The molecule has 1 atom stereocenters. The van der Waals surface area contributed by atoms with E-state index in [9.17, 15) is 0 Å². The van der Waals surface area contributed by atoms with Gasteiger partial charge in [-0.3, -0.25) is 0 Å². The third kappa shape index (κ3) is 2.16. The lowest BCUT2D eigenvalue weighted by molar-refractivity contribution is 0.610. The van der Waals surface area contributed by atoms with Crippen molar-refractivity contribution >= 4 is 11.8 Å². The second-order valence-corrected chi connectivity index (χ2v) is 3.29. The molecule has 50 valence electrons. The maximum absolute atomic E-state index is 7.98. The predicted molar refractivity (Wildman–Crippen MR) is 39.4 cm³/mol. The lowest BCUT2D eigenvalue weighted by Gasteiger charge is -1.98. The third-order valence-electron chi connectivity index (χ3n) is 1.43. The van der Waals surface area contributed by atoms with Crippen molar-refractivity contribution < 1.29 is 0 Å². The molecule has 9 heavy (non-hydrogen) atoms. The molecule has 0 amide bonds. The summed E-state index contributed by atoms with van der Waals surface area (Å²) in [5.74, 6) is 3.08. The van der Waals surface area contributed by atoms with E-state index in [2.05, 4.69) is 10.0 Å². The molecule has 1 rings (SSSR count). The number of rotatable bonds is 2. The average Bonchev–Trinajstić information content (AvgIpc) is 2.34. The van der Waals surface area contributed by atoms with Crippen LogP contribution in [0.4, 0.5) is 0 Å². The molecule has 0 saturated carbocycles. The Morgan fingerprint density at radius 1 is 1.78 bits per heavy atom. The Labute approximate surface area is 58.5 Å². The summed E-state index contributed by atoms with van der Waals surface area (Å²) in [6, 6.07) is 0.